The van der Waals surface area contributed by atoms with Crippen molar-refractivity contribution in [3.8, 4) is 0 Å². The Bertz CT molecular complexity index is 707. The van der Waals surface area contributed by atoms with Gasteiger partial charge in [0.15, 0.2) is 5.13 Å². The Labute approximate surface area is 131 Å². The van der Waals surface area contributed by atoms with Gasteiger partial charge in [-0.15, -0.1) is 0 Å². The van der Waals surface area contributed by atoms with E-state index < -0.39 is 4.92 Å². The summed E-state index contributed by atoms with van der Waals surface area (Å²) in [5.74, 6) is 0.463. The van der Waals surface area contributed by atoms with Crippen LogP contribution in [0.2, 0.25) is 0 Å². The van der Waals surface area contributed by atoms with Crippen LogP contribution in [0.4, 0.5) is 10.8 Å². The number of amides is 1. The van der Waals surface area contributed by atoms with Crippen LogP contribution in [0.1, 0.15) is 38.5 Å². The highest BCUT2D eigenvalue weighted by Crippen LogP contribution is 2.30. The fourth-order valence-corrected chi connectivity index (χ4v) is 3.82. The molecule has 1 saturated carbocycles. The highest BCUT2D eigenvalue weighted by atomic mass is 32.1. The number of fused-ring (bicyclic) bond motifs is 1. The van der Waals surface area contributed by atoms with Gasteiger partial charge in [0.1, 0.15) is 0 Å². The Morgan fingerprint density at radius 3 is 2.86 bits per heavy atom. The summed E-state index contributed by atoms with van der Waals surface area (Å²) in [6.07, 6.45) is 6.48. The van der Waals surface area contributed by atoms with Gasteiger partial charge in [-0.3, -0.25) is 14.9 Å². The number of nitro benzene ring substituents is 1. The molecule has 0 unspecified atom stereocenters. The number of benzene rings is 1. The standard InChI is InChI=1S/C15H17N3O3S/c19-14(8-10-4-2-1-3-5-10)17-15-16-12-7-6-11(18(20)21)9-13(12)22-15/h6-7,9-10H,1-5,8H2,(H,16,17,19). The summed E-state index contributed by atoms with van der Waals surface area (Å²) in [5, 5.41) is 14.1. The molecule has 1 amide bonds. The zero-order valence-corrected chi connectivity index (χ0v) is 12.9. The molecule has 0 bridgehead atoms. The van der Waals surface area contributed by atoms with Crippen LogP contribution in [0.5, 0.6) is 0 Å². The van der Waals surface area contributed by atoms with Crippen molar-refractivity contribution < 1.29 is 9.72 Å². The number of anilines is 1. The van der Waals surface area contributed by atoms with Crippen molar-refractivity contribution in [1.29, 1.82) is 0 Å². The average molecular weight is 319 g/mol. The Kier molecular flexibility index (Phi) is 4.33. The van der Waals surface area contributed by atoms with E-state index in [9.17, 15) is 14.9 Å². The molecular weight excluding hydrogens is 302 g/mol. The zero-order valence-electron chi connectivity index (χ0n) is 12.1. The molecule has 1 N–H and O–H groups in total. The molecule has 0 atom stereocenters. The van der Waals surface area contributed by atoms with Crippen LogP contribution in [-0.4, -0.2) is 15.8 Å². The van der Waals surface area contributed by atoms with E-state index in [1.807, 2.05) is 0 Å². The molecule has 0 aliphatic heterocycles. The smallest absolute Gasteiger partial charge is 0.270 e. The van der Waals surface area contributed by atoms with E-state index in [1.54, 1.807) is 6.07 Å². The summed E-state index contributed by atoms with van der Waals surface area (Å²) in [5.41, 5.74) is 0.708. The summed E-state index contributed by atoms with van der Waals surface area (Å²) in [6.45, 7) is 0. The maximum absolute atomic E-state index is 12.1. The van der Waals surface area contributed by atoms with Crippen molar-refractivity contribution in [3.63, 3.8) is 0 Å². The van der Waals surface area contributed by atoms with Crippen LogP contribution in [-0.2, 0) is 4.79 Å². The third-order valence-electron chi connectivity index (χ3n) is 4.03. The number of thiazole rings is 1. The van der Waals surface area contributed by atoms with Crippen molar-refractivity contribution >= 4 is 38.3 Å². The quantitative estimate of drug-likeness (QED) is 0.678. The Morgan fingerprint density at radius 1 is 1.36 bits per heavy atom. The summed E-state index contributed by atoms with van der Waals surface area (Å²) in [6, 6.07) is 4.53. The largest absolute Gasteiger partial charge is 0.302 e. The van der Waals surface area contributed by atoms with E-state index in [0.717, 1.165) is 12.8 Å². The lowest BCUT2D eigenvalue weighted by molar-refractivity contribution is -0.384. The number of hydrogen-bond acceptors (Lipinski definition) is 5. The van der Waals surface area contributed by atoms with Crippen molar-refractivity contribution in [2.75, 3.05) is 5.32 Å². The second-order valence-electron chi connectivity index (χ2n) is 5.68. The molecule has 6 nitrogen and oxygen atoms in total. The van der Waals surface area contributed by atoms with Crippen LogP contribution in [0, 0.1) is 16.0 Å². The van der Waals surface area contributed by atoms with Crippen LogP contribution in [0.15, 0.2) is 18.2 Å². The van der Waals surface area contributed by atoms with E-state index in [-0.39, 0.29) is 11.6 Å². The summed E-state index contributed by atoms with van der Waals surface area (Å²) < 4.78 is 0.710. The molecule has 0 radical (unpaired) electrons. The van der Waals surface area contributed by atoms with Gasteiger partial charge in [-0.25, -0.2) is 4.98 Å². The average Bonchev–Trinajstić information content (AvgIpc) is 2.89. The minimum absolute atomic E-state index is 0.0135. The van der Waals surface area contributed by atoms with Crippen LogP contribution >= 0.6 is 11.3 Å². The number of nitrogens with one attached hydrogen (secondary N) is 1. The molecule has 7 heteroatoms. The lowest BCUT2D eigenvalue weighted by Crippen LogP contribution is -2.18. The number of aromatic nitrogens is 1. The van der Waals surface area contributed by atoms with E-state index in [4.69, 9.17) is 0 Å². The Morgan fingerprint density at radius 2 is 2.14 bits per heavy atom. The van der Waals surface area contributed by atoms with Gasteiger partial charge in [0.25, 0.3) is 5.69 Å². The normalized spacial score (nSPS) is 15.8. The number of carbonyl (C=O) groups is 1. The molecule has 3 rings (SSSR count). The van der Waals surface area contributed by atoms with E-state index >= 15 is 0 Å². The highest BCUT2D eigenvalue weighted by Gasteiger charge is 2.18. The predicted octanol–water partition coefficient (Wildman–Crippen LogP) is 4.11. The summed E-state index contributed by atoms with van der Waals surface area (Å²) in [7, 11) is 0. The van der Waals surface area contributed by atoms with Crippen LogP contribution in [0.3, 0.4) is 0 Å². The van der Waals surface area contributed by atoms with Gasteiger partial charge >= 0.3 is 0 Å². The zero-order chi connectivity index (χ0) is 15.5. The highest BCUT2D eigenvalue weighted by molar-refractivity contribution is 7.22. The molecular formula is C15H17N3O3S. The first-order valence-corrected chi connectivity index (χ1v) is 8.28. The molecule has 1 aromatic carbocycles. The number of rotatable bonds is 4. The second-order valence-corrected chi connectivity index (χ2v) is 6.72. The van der Waals surface area contributed by atoms with E-state index in [1.165, 1.54) is 42.7 Å². The molecule has 116 valence electrons. The van der Waals surface area contributed by atoms with Gasteiger partial charge in [0.2, 0.25) is 5.91 Å². The number of non-ortho nitro benzene ring substituents is 1. The summed E-state index contributed by atoms with van der Waals surface area (Å²) in [4.78, 5) is 26.7. The fraction of sp³-hybridized carbons (Fsp3) is 0.467. The van der Waals surface area contributed by atoms with Gasteiger partial charge in [-0.05, 0) is 24.8 Å². The molecule has 2 aromatic rings. The minimum Gasteiger partial charge on any atom is -0.302 e. The van der Waals surface area contributed by atoms with Crippen molar-refractivity contribution in [2.24, 2.45) is 5.92 Å². The van der Waals surface area contributed by atoms with Crippen molar-refractivity contribution in [1.82, 2.24) is 4.98 Å². The number of nitrogens with zero attached hydrogens (tertiary/aromatic N) is 2. The third kappa shape index (κ3) is 3.41. The van der Waals surface area contributed by atoms with Gasteiger partial charge in [0, 0.05) is 18.6 Å². The summed E-state index contributed by atoms with van der Waals surface area (Å²) >= 11 is 1.27. The van der Waals surface area contributed by atoms with Crippen LogP contribution in [0.25, 0.3) is 10.2 Å². The minimum atomic E-state index is -0.430. The molecule has 1 aliphatic carbocycles. The van der Waals surface area contributed by atoms with Gasteiger partial charge in [-0.1, -0.05) is 30.6 Å². The first-order valence-electron chi connectivity index (χ1n) is 7.46. The van der Waals surface area contributed by atoms with Gasteiger partial charge < -0.3 is 5.32 Å². The Balaban J connectivity index is 1.67. The maximum atomic E-state index is 12.1. The number of carbonyl (C=O) groups excluding carboxylic acids is 1. The molecule has 1 aromatic heterocycles. The van der Waals surface area contributed by atoms with E-state index in [0.29, 0.717) is 27.7 Å². The fourth-order valence-electron chi connectivity index (χ4n) is 2.90. The molecule has 22 heavy (non-hydrogen) atoms. The maximum Gasteiger partial charge on any atom is 0.270 e. The van der Waals surface area contributed by atoms with Crippen molar-refractivity contribution in [3.05, 3.63) is 28.3 Å². The van der Waals surface area contributed by atoms with Crippen molar-refractivity contribution in [2.45, 2.75) is 38.5 Å². The predicted molar refractivity (Wildman–Crippen MR) is 86.1 cm³/mol. The molecule has 1 heterocycles. The lowest BCUT2D eigenvalue weighted by atomic mass is 9.87. The first kappa shape index (κ1) is 14.9. The second kappa shape index (κ2) is 6.39. The SMILES string of the molecule is O=C(CC1CCCCC1)Nc1nc2ccc([N+](=O)[O-])cc2s1. The Hall–Kier alpha value is -2.02. The molecule has 1 aliphatic rings. The monoisotopic (exact) mass is 319 g/mol. The number of nitro groups is 1. The van der Waals surface area contributed by atoms with Crippen LogP contribution < -0.4 is 5.32 Å². The van der Waals surface area contributed by atoms with Gasteiger partial charge in [0.05, 0.1) is 15.1 Å². The topological polar surface area (TPSA) is 85.1 Å². The van der Waals surface area contributed by atoms with E-state index in [2.05, 4.69) is 10.3 Å². The molecule has 0 saturated heterocycles. The molecule has 1 fully saturated rings. The third-order valence-corrected chi connectivity index (χ3v) is 4.96. The lowest BCUT2D eigenvalue weighted by Gasteiger charge is -2.20. The number of hydrogen-bond donors (Lipinski definition) is 1. The first-order chi connectivity index (χ1) is 10.6. The molecule has 0 spiro atoms. The van der Waals surface area contributed by atoms with Gasteiger partial charge in [-0.2, -0.15) is 0 Å².